The number of amides is 3. The SMILES string of the molecule is COc1ccc(CN2C(=O)CCN(c3cc4ccc(C(=O)O)cc4o3)C2=O)cc1. The lowest BCUT2D eigenvalue weighted by molar-refractivity contribution is -0.129. The number of urea groups is 1. The van der Waals surface area contributed by atoms with Gasteiger partial charge in [-0.3, -0.25) is 14.6 Å². The number of nitrogens with zero attached hydrogens (tertiary/aromatic N) is 2. The maximum absolute atomic E-state index is 13.0. The van der Waals surface area contributed by atoms with Crippen molar-refractivity contribution in [2.24, 2.45) is 0 Å². The maximum Gasteiger partial charge on any atom is 0.335 e. The van der Waals surface area contributed by atoms with Gasteiger partial charge in [-0.2, -0.15) is 0 Å². The zero-order chi connectivity index (χ0) is 20.5. The Balaban J connectivity index is 1.59. The number of carbonyl (C=O) groups is 3. The molecule has 1 aliphatic heterocycles. The lowest BCUT2D eigenvalue weighted by Gasteiger charge is -2.32. The number of aromatic carboxylic acids is 1. The minimum Gasteiger partial charge on any atom is -0.497 e. The van der Waals surface area contributed by atoms with Crippen molar-refractivity contribution in [1.82, 2.24) is 4.90 Å². The van der Waals surface area contributed by atoms with Gasteiger partial charge in [-0.15, -0.1) is 0 Å². The molecule has 0 atom stereocenters. The van der Waals surface area contributed by atoms with Crippen LogP contribution in [0.1, 0.15) is 22.3 Å². The van der Waals surface area contributed by atoms with Gasteiger partial charge in [0.2, 0.25) is 11.8 Å². The third-order valence-electron chi connectivity index (χ3n) is 4.83. The number of rotatable bonds is 5. The summed E-state index contributed by atoms with van der Waals surface area (Å²) in [7, 11) is 1.57. The molecule has 2 heterocycles. The Bertz CT molecular complexity index is 1100. The maximum atomic E-state index is 13.0. The summed E-state index contributed by atoms with van der Waals surface area (Å²) in [6.45, 7) is 0.337. The molecule has 1 aliphatic rings. The first-order chi connectivity index (χ1) is 14.0. The summed E-state index contributed by atoms with van der Waals surface area (Å²) in [5.74, 6) is -0.351. The Labute approximate surface area is 165 Å². The fourth-order valence-corrected chi connectivity index (χ4v) is 3.25. The van der Waals surface area contributed by atoms with E-state index in [1.54, 1.807) is 43.5 Å². The van der Waals surface area contributed by atoms with E-state index in [4.69, 9.17) is 14.3 Å². The number of ether oxygens (including phenoxy) is 1. The smallest absolute Gasteiger partial charge is 0.335 e. The number of furan rings is 1. The van der Waals surface area contributed by atoms with Crippen LogP contribution in [0.3, 0.4) is 0 Å². The molecule has 1 fully saturated rings. The van der Waals surface area contributed by atoms with E-state index in [0.29, 0.717) is 16.7 Å². The average Bonchev–Trinajstić information content (AvgIpc) is 3.14. The Morgan fingerprint density at radius 1 is 1.14 bits per heavy atom. The van der Waals surface area contributed by atoms with Crippen LogP contribution < -0.4 is 9.64 Å². The molecule has 0 saturated carbocycles. The molecule has 29 heavy (non-hydrogen) atoms. The zero-order valence-electron chi connectivity index (χ0n) is 15.6. The number of hydrogen-bond donors (Lipinski definition) is 1. The number of carboxylic acid groups (broad SMARTS) is 1. The second-order valence-corrected chi connectivity index (χ2v) is 6.65. The lowest BCUT2D eigenvalue weighted by atomic mass is 10.1. The standard InChI is InChI=1S/C21H18N2O6/c1-28-16-6-2-13(3-7-16)12-23-18(24)8-9-22(21(23)27)19-11-14-4-5-15(20(25)26)10-17(14)29-19/h2-7,10-11H,8-9,12H2,1H3,(H,25,26). The topological polar surface area (TPSA) is 100 Å². The van der Waals surface area contributed by atoms with E-state index in [9.17, 15) is 14.4 Å². The van der Waals surface area contributed by atoms with Gasteiger partial charge in [0, 0.05) is 24.4 Å². The minimum absolute atomic E-state index is 0.0969. The van der Waals surface area contributed by atoms with Crippen molar-refractivity contribution in [3.8, 4) is 5.75 Å². The molecule has 8 heteroatoms. The van der Waals surface area contributed by atoms with Gasteiger partial charge in [0.25, 0.3) is 0 Å². The molecule has 1 N–H and O–H groups in total. The number of hydrogen-bond acceptors (Lipinski definition) is 5. The van der Waals surface area contributed by atoms with Crippen LogP contribution in [0, 0.1) is 0 Å². The fraction of sp³-hybridized carbons (Fsp3) is 0.190. The highest BCUT2D eigenvalue weighted by molar-refractivity contribution is 6.06. The summed E-state index contributed by atoms with van der Waals surface area (Å²) in [4.78, 5) is 39.0. The van der Waals surface area contributed by atoms with Crippen molar-refractivity contribution in [3.63, 3.8) is 0 Å². The number of anilines is 1. The summed E-state index contributed by atoms with van der Waals surface area (Å²) in [5.41, 5.74) is 1.26. The Morgan fingerprint density at radius 3 is 2.59 bits per heavy atom. The van der Waals surface area contributed by atoms with Gasteiger partial charge in [-0.25, -0.2) is 9.59 Å². The second-order valence-electron chi connectivity index (χ2n) is 6.65. The predicted molar refractivity (Wildman–Crippen MR) is 104 cm³/mol. The normalized spacial score (nSPS) is 14.5. The molecule has 0 aliphatic carbocycles. The van der Waals surface area contributed by atoms with E-state index >= 15 is 0 Å². The van der Waals surface area contributed by atoms with Gasteiger partial charge in [0.05, 0.1) is 19.2 Å². The third-order valence-corrected chi connectivity index (χ3v) is 4.83. The molecule has 148 valence electrons. The molecular formula is C21H18N2O6. The van der Waals surface area contributed by atoms with E-state index in [2.05, 4.69) is 0 Å². The van der Waals surface area contributed by atoms with E-state index in [1.165, 1.54) is 21.9 Å². The fourth-order valence-electron chi connectivity index (χ4n) is 3.25. The molecule has 0 bridgehead atoms. The highest BCUT2D eigenvalue weighted by Crippen LogP contribution is 2.30. The first kappa shape index (κ1) is 18.5. The number of fused-ring (bicyclic) bond motifs is 1. The van der Waals surface area contributed by atoms with Crippen molar-refractivity contribution in [2.45, 2.75) is 13.0 Å². The highest BCUT2D eigenvalue weighted by atomic mass is 16.5. The Kier molecular flexibility index (Phi) is 4.67. The Morgan fingerprint density at radius 2 is 1.90 bits per heavy atom. The van der Waals surface area contributed by atoms with E-state index in [0.717, 1.165) is 5.56 Å². The highest BCUT2D eigenvalue weighted by Gasteiger charge is 2.34. The first-order valence-electron chi connectivity index (χ1n) is 8.98. The van der Waals surface area contributed by atoms with Crippen LogP contribution in [0.15, 0.2) is 52.9 Å². The van der Waals surface area contributed by atoms with Gasteiger partial charge in [0.15, 0.2) is 0 Å². The quantitative estimate of drug-likeness (QED) is 0.711. The molecular weight excluding hydrogens is 376 g/mol. The first-order valence-corrected chi connectivity index (χ1v) is 8.98. The van der Waals surface area contributed by atoms with Crippen molar-refractivity contribution >= 4 is 34.8 Å². The molecule has 3 aromatic rings. The van der Waals surface area contributed by atoms with Gasteiger partial charge in [-0.1, -0.05) is 18.2 Å². The summed E-state index contributed by atoms with van der Waals surface area (Å²) in [6.07, 6.45) is 0.166. The average molecular weight is 394 g/mol. The molecule has 0 unspecified atom stereocenters. The van der Waals surface area contributed by atoms with Crippen LogP contribution in [0.2, 0.25) is 0 Å². The van der Waals surface area contributed by atoms with Gasteiger partial charge < -0.3 is 14.3 Å². The number of carboxylic acids is 1. The second kappa shape index (κ2) is 7.31. The van der Waals surface area contributed by atoms with E-state index in [1.807, 2.05) is 0 Å². The largest absolute Gasteiger partial charge is 0.497 e. The number of carbonyl (C=O) groups excluding carboxylic acids is 2. The van der Waals surface area contributed by atoms with Crippen LogP contribution >= 0.6 is 0 Å². The molecule has 1 aromatic heterocycles. The molecule has 1 saturated heterocycles. The van der Waals surface area contributed by atoms with Crippen LogP contribution in [0.5, 0.6) is 5.75 Å². The molecule has 4 rings (SSSR count). The van der Waals surface area contributed by atoms with Crippen LogP contribution in [-0.2, 0) is 11.3 Å². The molecule has 3 amide bonds. The number of benzene rings is 2. The van der Waals surface area contributed by atoms with Crippen LogP contribution in [0.25, 0.3) is 11.0 Å². The van der Waals surface area contributed by atoms with Crippen LogP contribution in [-0.4, -0.2) is 41.6 Å². The zero-order valence-corrected chi connectivity index (χ0v) is 15.6. The summed E-state index contributed by atoms with van der Waals surface area (Å²) >= 11 is 0. The molecule has 0 spiro atoms. The van der Waals surface area contributed by atoms with Crippen molar-refractivity contribution in [2.75, 3.05) is 18.6 Å². The summed E-state index contributed by atoms with van der Waals surface area (Å²) in [6, 6.07) is 12.8. The number of methoxy groups -OCH3 is 1. The van der Waals surface area contributed by atoms with Gasteiger partial charge in [-0.05, 0) is 29.8 Å². The van der Waals surface area contributed by atoms with Crippen molar-refractivity contribution in [1.29, 1.82) is 0 Å². The van der Waals surface area contributed by atoms with E-state index in [-0.39, 0.29) is 36.9 Å². The monoisotopic (exact) mass is 394 g/mol. The number of imide groups is 1. The summed E-state index contributed by atoms with van der Waals surface area (Å²) < 4.78 is 10.8. The summed E-state index contributed by atoms with van der Waals surface area (Å²) in [5, 5.41) is 9.80. The Hall–Kier alpha value is -3.81. The van der Waals surface area contributed by atoms with Gasteiger partial charge in [0.1, 0.15) is 11.3 Å². The van der Waals surface area contributed by atoms with Gasteiger partial charge >= 0.3 is 12.0 Å². The van der Waals surface area contributed by atoms with Crippen molar-refractivity contribution < 1.29 is 28.6 Å². The van der Waals surface area contributed by atoms with E-state index < -0.39 is 12.0 Å². The molecule has 8 nitrogen and oxygen atoms in total. The molecule has 2 aromatic carbocycles. The lowest BCUT2D eigenvalue weighted by Crippen LogP contribution is -2.51. The third kappa shape index (κ3) is 3.52. The van der Waals surface area contributed by atoms with Crippen LogP contribution in [0.4, 0.5) is 10.7 Å². The van der Waals surface area contributed by atoms with Crippen molar-refractivity contribution in [3.05, 3.63) is 59.7 Å². The predicted octanol–water partition coefficient (Wildman–Crippen LogP) is 3.50. The minimum atomic E-state index is -1.06. The molecule has 0 radical (unpaired) electrons.